The summed E-state index contributed by atoms with van der Waals surface area (Å²) >= 11 is 0. The standard InChI is InChI=1S/C16H16F3NO3/c1-9-7-14(23-10(9)2)15(22)20-13(8-21)11-5-3-4-6-12(11)16(17,18)19/h3-7,13,21H,8H2,1-2H3,(H,20,22)/t13-/m0/s1. The minimum absolute atomic E-state index is 0.0112. The summed E-state index contributed by atoms with van der Waals surface area (Å²) in [6.45, 7) is 2.75. The predicted octanol–water partition coefficient (Wildman–Crippen LogP) is 3.38. The lowest BCUT2D eigenvalue weighted by atomic mass is 10.00. The molecule has 0 aliphatic rings. The van der Waals surface area contributed by atoms with Crippen LogP contribution in [0.2, 0.25) is 0 Å². The van der Waals surface area contributed by atoms with E-state index in [-0.39, 0.29) is 11.3 Å². The van der Waals surface area contributed by atoms with Gasteiger partial charge < -0.3 is 14.8 Å². The van der Waals surface area contributed by atoms with Crippen LogP contribution in [0.5, 0.6) is 0 Å². The Hall–Kier alpha value is -2.28. The molecular formula is C16H16F3NO3. The molecule has 1 atom stereocenters. The van der Waals surface area contributed by atoms with Gasteiger partial charge in [-0.1, -0.05) is 18.2 Å². The molecule has 7 heteroatoms. The molecule has 0 saturated heterocycles. The third kappa shape index (κ3) is 3.73. The lowest BCUT2D eigenvalue weighted by Gasteiger charge is -2.20. The van der Waals surface area contributed by atoms with E-state index in [1.165, 1.54) is 24.3 Å². The molecule has 2 rings (SSSR count). The summed E-state index contributed by atoms with van der Waals surface area (Å²) in [5.74, 6) is -0.147. The van der Waals surface area contributed by atoms with Gasteiger partial charge in [0.15, 0.2) is 5.76 Å². The molecule has 23 heavy (non-hydrogen) atoms. The number of hydrogen-bond donors (Lipinski definition) is 2. The zero-order valence-corrected chi connectivity index (χ0v) is 12.6. The molecule has 0 spiro atoms. The van der Waals surface area contributed by atoms with Gasteiger partial charge in [0.1, 0.15) is 5.76 Å². The van der Waals surface area contributed by atoms with Gasteiger partial charge >= 0.3 is 6.18 Å². The summed E-state index contributed by atoms with van der Waals surface area (Å²) in [7, 11) is 0. The first-order valence-corrected chi connectivity index (χ1v) is 6.89. The second-order valence-electron chi connectivity index (χ2n) is 5.14. The molecule has 124 valence electrons. The minimum Gasteiger partial charge on any atom is -0.456 e. The van der Waals surface area contributed by atoms with E-state index >= 15 is 0 Å². The van der Waals surface area contributed by atoms with Crippen LogP contribution in [-0.2, 0) is 6.18 Å². The number of carbonyl (C=O) groups excluding carboxylic acids is 1. The first-order chi connectivity index (χ1) is 10.7. The first-order valence-electron chi connectivity index (χ1n) is 6.89. The largest absolute Gasteiger partial charge is 0.456 e. The summed E-state index contributed by atoms with van der Waals surface area (Å²) in [6, 6.07) is 5.11. The second kappa shape index (κ2) is 6.45. The number of aliphatic hydroxyl groups is 1. The number of alkyl halides is 3. The van der Waals surface area contributed by atoms with Crippen LogP contribution in [0.4, 0.5) is 13.2 Å². The van der Waals surface area contributed by atoms with Crippen molar-refractivity contribution in [3.05, 3.63) is 58.5 Å². The lowest BCUT2D eigenvalue weighted by molar-refractivity contribution is -0.138. The lowest BCUT2D eigenvalue weighted by Crippen LogP contribution is -2.32. The topological polar surface area (TPSA) is 62.5 Å². The molecule has 1 amide bonds. The maximum Gasteiger partial charge on any atom is 0.416 e. The summed E-state index contributed by atoms with van der Waals surface area (Å²) in [4.78, 5) is 12.1. The van der Waals surface area contributed by atoms with Crippen LogP contribution in [0.25, 0.3) is 0 Å². The van der Waals surface area contributed by atoms with Gasteiger partial charge in [0.2, 0.25) is 0 Å². The van der Waals surface area contributed by atoms with Gasteiger partial charge in [-0.05, 0) is 37.1 Å². The zero-order chi connectivity index (χ0) is 17.2. The Morgan fingerprint density at radius 3 is 2.48 bits per heavy atom. The molecule has 2 aromatic rings. The Balaban J connectivity index is 2.29. The highest BCUT2D eigenvalue weighted by molar-refractivity contribution is 5.92. The van der Waals surface area contributed by atoms with Gasteiger partial charge in [0.05, 0.1) is 18.2 Å². The normalized spacial score (nSPS) is 13.0. The summed E-state index contributed by atoms with van der Waals surface area (Å²) < 4.78 is 44.4. The van der Waals surface area contributed by atoms with Crippen LogP contribution in [-0.4, -0.2) is 17.6 Å². The van der Waals surface area contributed by atoms with Crippen LogP contribution < -0.4 is 5.32 Å². The number of amides is 1. The highest BCUT2D eigenvalue weighted by atomic mass is 19.4. The molecule has 0 aliphatic carbocycles. The third-order valence-electron chi connectivity index (χ3n) is 3.52. The van der Waals surface area contributed by atoms with Crippen molar-refractivity contribution in [2.24, 2.45) is 0 Å². The fourth-order valence-corrected chi connectivity index (χ4v) is 2.20. The van der Waals surface area contributed by atoms with Gasteiger partial charge in [0.25, 0.3) is 5.91 Å². The third-order valence-corrected chi connectivity index (χ3v) is 3.52. The number of hydrogen-bond acceptors (Lipinski definition) is 3. The number of nitrogens with one attached hydrogen (secondary N) is 1. The van der Waals surface area contributed by atoms with Crippen molar-refractivity contribution < 1.29 is 27.5 Å². The van der Waals surface area contributed by atoms with Gasteiger partial charge in [-0.3, -0.25) is 4.79 Å². The van der Waals surface area contributed by atoms with E-state index in [1.54, 1.807) is 13.8 Å². The molecule has 0 radical (unpaired) electrons. The van der Waals surface area contributed by atoms with Crippen molar-refractivity contribution in [2.75, 3.05) is 6.61 Å². The number of carbonyl (C=O) groups is 1. The molecule has 1 aromatic heterocycles. The van der Waals surface area contributed by atoms with Crippen molar-refractivity contribution in [1.82, 2.24) is 5.32 Å². The van der Waals surface area contributed by atoms with E-state index in [2.05, 4.69) is 5.32 Å². The Labute approximate surface area is 130 Å². The summed E-state index contributed by atoms with van der Waals surface area (Å²) in [5, 5.41) is 11.8. The van der Waals surface area contributed by atoms with Crippen LogP contribution >= 0.6 is 0 Å². The molecule has 1 aromatic carbocycles. The van der Waals surface area contributed by atoms with Crippen LogP contribution in [0.15, 0.2) is 34.7 Å². The maximum atomic E-state index is 13.0. The van der Waals surface area contributed by atoms with Crippen molar-refractivity contribution in [3.63, 3.8) is 0 Å². The number of benzene rings is 1. The predicted molar refractivity (Wildman–Crippen MR) is 76.9 cm³/mol. The first kappa shape index (κ1) is 17.1. The highest BCUT2D eigenvalue weighted by Crippen LogP contribution is 2.34. The smallest absolute Gasteiger partial charge is 0.416 e. The maximum absolute atomic E-state index is 13.0. The molecule has 0 unspecified atom stereocenters. The van der Waals surface area contributed by atoms with E-state index in [1.807, 2.05) is 0 Å². The Morgan fingerprint density at radius 2 is 1.96 bits per heavy atom. The van der Waals surface area contributed by atoms with E-state index in [0.717, 1.165) is 11.6 Å². The van der Waals surface area contributed by atoms with Crippen molar-refractivity contribution in [1.29, 1.82) is 0 Å². The van der Waals surface area contributed by atoms with Gasteiger partial charge in [-0.2, -0.15) is 13.2 Å². The molecule has 0 bridgehead atoms. The van der Waals surface area contributed by atoms with Crippen LogP contribution in [0, 0.1) is 13.8 Å². The van der Waals surface area contributed by atoms with Crippen molar-refractivity contribution in [3.8, 4) is 0 Å². The van der Waals surface area contributed by atoms with E-state index in [9.17, 15) is 23.1 Å². The molecule has 4 nitrogen and oxygen atoms in total. The number of halogens is 3. The van der Waals surface area contributed by atoms with Gasteiger partial charge in [0, 0.05) is 0 Å². The SMILES string of the molecule is Cc1cc(C(=O)N[C@@H](CO)c2ccccc2C(F)(F)F)oc1C. The van der Waals surface area contributed by atoms with Crippen molar-refractivity contribution in [2.45, 2.75) is 26.1 Å². The van der Waals surface area contributed by atoms with E-state index < -0.39 is 30.3 Å². The number of furan rings is 1. The Kier molecular flexibility index (Phi) is 4.79. The zero-order valence-electron chi connectivity index (χ0n) is 12.6. The average Bonchev–Trinajstić information content (AvgIpc) is 2.83. The molecule has 0 saturated carbocycles. The minimum atomic E-state index is -4.58. The Morgan fingerprint density at radius 1 is 1.30 bits per heavy atom. The second-order valence-corrected chi connectivity index (χ2v) is 5.14. The van der Waals surface area contributed by atoms with Crippen LogP contribution in [0.3, 0.4) is 0 Å². The number of aryl methyl sites for hydroxylation is 2. The van der Waals surface area contributed by atoms with Crippen molar-refractivity contribution >= 4 is 5.91 Å². The summed E-state index contributed by atoms with van der Waals surface area (Å²) in [6.07, 6.45) is -4.58. The fraction of sp³-hybridized carbons (Fsp3) is 0.312. The Bertz CT molecular complexity index is 687. The molecule has 0 fully saturated rings. The van der Waals surface area contributed by atoms with Gasteiger partial charge in [-0.25, -0.2) is 0 Å². The molecular weight excluding hydrogens is 311 g/mol. The number of aliphatic hydroxyl groups excluding tert-OH is 1. The van der Waals surface area contributed by atoms with Crippen LogP contribution in [0.1, 0.15) is 39.0 Å². The molecule has 1 heterocycles. The van der Waals surface area contributed by atoms with Gasteiger partial charge in [-0.15, -0.1) is 0 Å². The van der Waals surface area contributed by atoms with E-state index in [0.29, 0.717) is 5.76 Å². The highest BCUT2D eigenvalue weighted by Gasteiger charge is 2.35. The molecule has 2 N–H and O–H groups in total. The molecule has 0 aliphatic heterocycles. The number of rotatable bonds is 4. The van der Waals surface area contributed by atoms with E-state index in [4.69, 9.17) is 4.42 Å². The quantitative estimate of drug-likeness (QED) is 0.905. The average molecular weight is 327 g/mol. The fourth-order valence-electron chi connectivity index (χ4n) is 2.20. The monoisotopic (exact) mass is 327 g/mol. The summed E-state index contributed by atoms with van der Waals surface area (Å²) in [5.41, 5.74) is -0.339.